The molecule has 6 rings (SSSR count). The lowest BCUT2D eigenvalue weighted by Crippen LogP contribution is -2.50. The Morgan fingerprint density at radius 3 is 2.64 bits per heavy atom. The van der Waals surface area contributed by atoms with Crippen LogP contribution in [0.25, 0.3) is 11.0 Å². The van der Waals surface area contributed by atoms with Gasteiger partial charge in [0.25, 0.3) is 11.8 Å². The van der Waals surface area contributed by atoms with E-state index in [-0.39, 0.29) is 12.6 Å². The zero-order valence-electron chi connectivity index (χ0n) is 25.1. The minimum absolute atomic E-state index is 0.0846. The van der Waals surface area contributed by atoms with Crippen molar-refractivity contribution < 1.29 is 19.8 Å². The minimum Gasteiger partial charge on any atom is -0.380 e. The minimum atomic E-state index is -1.88. The topological polar surface area (TPSA) is 124 Å². The number of nitrogens with one attached hydrogen (secondary N) is 1. The lowest BCUT2D eigenvalue weighted by Gasteiger charge is -2.29. The summed E-state index contributed by atoms with van der Waals surface area (Å²) in [5.41, 5.74) is 5.02. The van der Waals surface area contributed by atoms with Gasteiger partial charge in [0, 0.05) is 18.5 Å². The number of thiazole rings is 1. The van der Waals surface area contributed by atoms with Gasteiger partial charge in [0.15, 0.2) is 12.2 Å². The SMILES string of the molecule is Cc1nc2ccccc2n1Cc1csc(CNC(=O)[C@H](O)[C@@H](O)C(=O)N2CCCC2c2cccc(CN3CCCCC3)c2)n1. The number of benzene rings is 2. The third-order valence-electron chi connectivity index (χ3n) is 8.73. The summed E-state index contributed by atoms with van der Waals surface area (Å²) in [6.07, 6.45) is 1.58. The van der Waals surface area contributed by atoms with Crippen LogP contribution in [-0.2, 0) is 29.2 Å². The van der Waals surface area contributed by atoms with Gasteiger partial charge in [-0.2, -0.15) is 0 Å². The number of carbonyl (C=O) groups is 2. The largest absolute Gasteiger partial charge is 0.380 e. The Morgan fingerprint density at radius 1 is 0.977 bits per heavy atom. The molecule has 0 bridgehead atoms. The molecule has 2 aliphatic heterocycles. The summed E-state index contributed by atoms with van der Waals surface area (Å²) in [5.74, 6) is -0.546. The molecule has 1 unspecified atom stereocenters. The summed E-state index contributed by atoms with van der Waals surface area (Å²) in [7, 11) is 0. The molecule has 0 saturated carbocycles. The number of aliphatic hydroxyl groups is 2. The van der Waals surface area contributed by atoms with E-state index in [0.29, 0.717) is 18.1 Å². The number of aliphatic hydroxyl groups excluding tert-OH is 2. The molecule has 2 amide bonds. The van der Waals surface area contributed by atoms with Gasteiger partial charge in [-0.25, -0.2) is 9.97 Å². The Morgan fingerprint density at radius 2 is 1.80 bits per heavy atom. The van der Waals surface area contributed by atoms with Gasteiger partial charge in [-0.1, -0.05) is 42.8 Å². The first-order valence-electron chi connectivity index (χ1n) is 15.5. The van der Waals surface area contributed by atoms with Crippen molar-refractivity contribution in [1.82, 2.24) is 29.7 Å². The van der Waals surface area contributed by atoms with Crippen LogP contribution in [0.2, 0.25) is 0 Å². The molecule has 2 fully saturated rings. The normalized spacial score (nSPS) is 18.9. The van der Waals surface area contributed by atoms with Crippen molar-refractivity contribution in [2.75, 3.05) is 19.6 Å². The average Bonchev–Trinajstić information content (AvgIpc) is 3.79. The smallest absolute Gasteiger partial charge is 0.255 e. The van der Waals surface area contributed by atoms with Gasteiger partial charge in [-0.15, -0.1) is 11.3 Å². The van der Waals surface area contributed by atoms with Crippen LogP contribution in [0.1, 0.15) is 65.8 Å². The number of amides is 2. The number of imidazole rings is 1. The second-order valence-electron chi connectivity index (χ2n) is 11.8. The highest BCUT2D eigenvalue weighted by Crippen LogP contribution is 2.33. The Bertz CT molecular complexity index is 1610. The van der Waals surface area contributed by atoms with Gasteiger partial charge in [-0.3, -0.25) is 14.5 Å². The fourth-order valence-electron chi connectivity index (χ4n) is 6.43. The summed E-state index contributed by atoms with van der Waals surface area (Å²) in [6, 6.07) is 16.1. The van der Waals surface area contributed by atoms with E-state index < -0.39 is 24.0 Å². The third-order valence-corrected chi connectivity index (χ3v) is 9.62. The monoisotopic (exact) mass is 616 g/mol. The van der Waals surface area contributed by atoms with Gasteiger partial charge in [0.1, 0.15) is 10.8 Å². The van der Waals surface area contributed by atoms with E-state index in [1.54, 1.807) is 4.90 Å². The molecule has 44 heavy (non-hydrogen) atoms. The molecule has 2 saturated heterocycles. The van der Waals surface area contributed by atoms with Gasteiger partial charge < -0.3 is 25.0 Å². The molecule has 232 valence electrons. The average molecular weight is 617 g/mol. The van der Waals surface area contributed by atoms with Crippen molar-refractivity contribution in [1.29, 1.82) is 0 Å². The standard InChI is InChI=1S/C33H40N6O4S/c1-22-35-26-11-3-4-12-28(26)39(22)20-25-21-44-29(36-25)18-34-32(42)30(40)31(41)33(43)38-16-8-13-27(38)24-10-7-9-23(17-24)19-37-14-5-2-6-15-37/h3-4,7,9-12,17,21,27,30-31,40-41H,2,5-6,8,13-16,18-20H2,1H3,(H,34,42)/t27?,30-,31-/m1/s1. The van der Waals surface area contributed by atoms with Crippen LogP contribution in [0.4, 0.5) is 0 Å². The number of nitrogens with zero attached hydrogens (tertiary/aromatic N) is 5. The second-order valence-corrected chi connectivity index (χ2v) is 12.8. The second kappa shape index (κ2) is 13.6. The quantitative estimate of drug-likeness (QED) is 0.249. The maximum atomic E-state index is 13.3. The highest BCUT2D eigenvalue weighted by molar-refractivity contribution is 7.09. The van der Waals surface area contributed by atoms with Crippen LogP contribution in [0.5, 0.6) is 0 Å². The van der Waals surface area contributed by atoms with E-state index in [1.807, 2.05) is 48.7 Å². The molecule has 0 aliphatic carbocycles. The number of carbonyl (C=O) groups excluding carboxylic acids is 2. The van der Waals surface area contributed by atoms with Gasteiger partial charge >= 0.3 is 0 Å². The lowest BCUT2D eigenvalue weighted by molar-refractivity contribution is -0.153. The number of para-hydroxylation sites is 2. The van der Waals surface area contributed by atoms with Crippen LogP contribution in [0, 0.1) is 6.92 Å². The number of rotatable bonds is 10. The molecular weight excluding hydrogens is 576 g/mol. The fraction of sp³-hybridized carbons (Fsp3) is 0.455. The van der Waals surface area contributed by atoms with Crippen molar-refractivity contribution in [3.8, 4) is 0 Å². The number of aryl methyl sites for hydroxylation is 1. The first-order chi connectivity index (χ1) is 21.4. The Kier molecular flexibility index (Phi) is 9.36. The number of hydrogen-bond acceptors (Lipinski definition) is 8. The molecule has 3 N–H and O–H groups in total. The Labute approximate surface area is 261 Å². The van der Waals surface area contributed by atoms with E-state index in [9.17, 15) is 19.8 Å². The van der Waals surface area contributed by atoms with Crippen LogP contribution < -0.4 is 5.32 Å². The number of piperidine rings is 1. The lowest BCUT2D eigenvalue weighted by atomic mass is 10.0. The highest BCUT2D eigenvalue weighted by atomic mass is 32.1. The number of fused-ring (bicyclic) bond motifs is 1. The molecule has 10 nitrogen and oxygen atoms in total. The molecule has 2 aliphatic rings. The van der Waals surface area contributed by atoms with Gasteiger partial charge in [0.2, 0.25) is 0 Å². The Balaban J connectivity index is 1.04. The Hall–Kier alpha value is -3.64. The summed E-state index contributed by atoms with van der Waals surface area (Å²) < 4.78 is 2.09. The molecule has 0 spiro atoms. The number of aromatic nitrogens is 3. The first-order valence-corrected chi connectivity index (χ1v) is 16.4. The molecule has 3 atom stereocenters. The third kappa shape index (κ3) is 6.71. The fourth-order valence-corrected chi connectivity index (χ4v) is 7.15. The maximum absolute atomic E-state index is 13.3. The van der Waals surface area contributed by atoms with Gasteiger partial charge in [0.05, 0.1) is 35.9 Å². The van der Waals surface area contributed by atoms with Crippen molar-refractivity contribution in [2.45, 2.75) is 76.9 Å². The molecule has 11 heteroatoms. The molecule has 2 aromatic carbocycles. The molecule has 4 aromatic rings. The van der Waals surface area contributed by atoms with Gasteiger partial charge in [-0.05, 0) is 69.0 Å². The van der Waals surface area contributed by atoms with Crippen molar-refractivity contribution >= 4 is 34.2 Å². The number of hydrogen-bond donors (Lipinski definition) is 3. The molecule has 0 radical (unpaired) electrons. The van der Waals surface area contributed by atoms with E-state index in [1.165, 1.54) is 36.2 Å². The summed E-state index contributed by atoms with van der Waals surface area (Å²) >= 11 is 1.40. The molecule has 4 heterocycles. The molecular formula is C33H40N6O4S. The predicted molar refractivity (Wildman–Crippen MR) is 169 cm³/mol. The van der Waals surface area contributed by atoms with Crippen LogP contribution in [0.15, 0.2) is 53.9 Å². The van der Waals surface area contributed by atoms with E-state index in [0.717, 1.165) is 60.6 Å². The summed E-state index contributed by atoms with van der Waals surface area (Å²) in [5, 5.41) is 26.6. The van der Waals surface area contributed by atoms with Crippen molar-refractivity contribution in [3.05, 3.63) is 81.6 Å². The van der Waals surface area contributed by atoms with Crippen LogP contribution >= 0.6 is 11.3 Å². The van der Waals surface area contributed by atoms with Crippen LogP contribution in [-0.4, -0.2) is 78.2 Å². The summed E-state index contributed by atoms with van der Waals surface area (Å²) in [6.45, 7) is 6.16. The zero-order valence-corrected chi connectivity index (χ0v) is 25.9. The van der Waals surface area contributed by atoms with Crippen LogP contribution in [0.3, 0.4) is 0 Å². The first kappa shape index (κ1) is 30.4. The van der Waals surface area contributed by atoms with E-state index in [2.05, 4.69) is 36.9 Å². The van der Waals surface area contributed by atoms with Crippen molar-refractivity contribution in [3.63, 3.8) is 0 Å². The number of likely N-dealkylation sites (tertiary alicyclic amines) is 2. The summed E-state index contributed by atoms with van der Waals surface area (Å²) in [4.78, 5) is 39.4. The maximum Gasteiger partial charge on any atom is 0.255 e. The highest BCUT2D eigenvalue weighted by Gasteiger charge is 2.38. The zero-order chi connectivity index (χ0) is 30.6. The van der Waals surface area contributed by atoms with E-state index in [4.69, 9.17) is 0 Å². The predicted octanol–water partition coefficient (Wildman–Crippen LogP) is 3.54. The molecule has 2 aromatic heterocycles. The van der Waals surface area contributed by atoms with E-state index >= 15 is 0 Å². The van der Waals surface area contributed by atoms with Crippen molar-refractivity contribution in [2.24, 2.45) is 0 Å².